The van der Waals surface area contributed by atoms with Crippen LogP contribution in [-0.4, -0.2) is 16.1 Å². The van der Waals surface area contributed by atoms with E-state index in [1.165, 1.54) is 11.3 Å². The molecule has 0 amide bonds. The van der Waals surface area contributed by atoms with Crippen molar-refractivity contribution in [3.05, 3.63) is 51.6 Å². The summed E-state index contributed by atoms with van der Waals surface area (Å²) in [7, 11) is 0. The quantitative estimate of drug-likeness (QED) is 0.792. The summed E-state index contributed by atoms with van der Waals surface area (Å²) in [4.78, 5) is 12.7. The molecule has 0 aliphatic heterocycles. The predicted molar refractivity (Wildman–Crippen MR) is 83.9 cm³/mol. The van der Waals surface area contributed by atoms with Crippen LogP contribution in [0.15, 0.2) is 40.5 Å². The second-order valence-corrected chi connectivity index (χ2v) is 5.90. The summed E-state index contributed by atoms with van der Waals surface area (Å²) >= 11 is 1.22. The van der Waals surface area contributed by atoms with Crippen LogP contribution in [0.25, 0.3) is 21.3 Å². The van der Waals surface area contributed by atoms with Crippen LogP contribution in [0, 0.1) is 6.92 Å². The van der Waals surface area contributed by atoms with Gasteiger partial charge in [-0.15, -0.1) is 11.3 Å². The highest BCUT2D eigenvalue weighted by Crippen LogP contribution is 2.37. The molecule has 0 saturated carbocycles. The Morgan fingerprint density at radius 2 is 2.00 bits per heavy atom. The number of rotatable bonds is 3. The van der Waals surface area contributed by atoms with Crippen molar-refractivity contribution in [1.82, 2.24) is 4.57 Å². The number of aromatic nitrogens is 1. The first kappa shape index (κ1) is 14.7. The van der Waals surface area contributed by atoms with Gasteiger partial charge in [-0.2, -0.15) is 0 Å². The van der Waals surface area contributed by atoms with E-state index in [0.29, 0.717) is 15.8 Å². The highest BCUT2D eigenvalue weighted by Gasteiger charge is 2.21. The number of aryl methyl sites for hydroxylation is 1. The van der Waals surface area contributed by atoms with Gasteiger partial charge in [-0.05, 0) is 29.5 Å². The maximum atomic E-state index is 12.8. The summed E-state index contributed by atoms with van der Waals surface area (Å²) in [6.45, 7) is 1.12. The van der Waals surface area contributed by atoms with E-state index in [4.69, 9.17) is 0 Å². The number of alkyl halides is 2. The third kappa shape index (κ3) is 2.29. The molecule has 0 unspecified atom stereocenters. The van der Waals surface area contributed by atoms with Gasteiger partial charge >= 0.3 is 0 Å². The Bertz CT molecular complexity index is 899. The predicted octanol–water partition coefficient (Wildman–Crippen LogP) is 4.01. The highest BCUT2D eigenvalue weighted by atomic mass is 32.1. The maximum absolute atomic E-state index is 12.8. The molecule has 2 aromatic heterocycles. The first-order chi connectivity index (χ1) is 10.5. The van der Waals surface area contributed by atoms with Gasteiger partial charge < -0.3 is 9.67 Å². The van der Waals surface area contributed by atoms with E-state index < -0.39 is 18.5 Å². The van der Waals surface area contributed by atoms with Crippen molar-refractivity contribution in [3.8, 4) is 16.9 Å². The molecule has 114 valence electrons. The van der Waals surface area contributed by atoms with Gasteiger partial charge in [-0.25, -0.2) is 8.78 Å². The molecule has 3 nitrogen and oxygen atoms in total. The minimum absolute atomic E-state index is 0.0775. The number of fused-ring (bicyclic) bond motifs is 1. The average molecular weight is 321 g/mol. The second kappa shape index (κ2) is 5.53. The number of pyridine rings is 1. The van der Waals surface area contributed by atoms with E-state index >= 15 is 0 Å². The Morgan fingerprint density at radius 1 is 1.27 bits per heavy atom. The minimum atomic E-state index is -2.64. The Labute approximate surface area is 129 Å². The Hall–Kier alpha value is -2.21. The SMILES string of the molecule is Cc1ccccc1-c1c(O)c2sccc2n(CC(F)F)c1=O. The fraction of sp³-hybridized carbons (Fsp3) is 0.188. The van der Waals surface area contributed by atoms with Crippen molar-refractivity contribution in [2.24, 2.45) is 0 Å². The summed E-state index contributed by atoms with van der Waals surface area (Å²) in [6, 6.07) is 8.65. The Balaban J connectivity index is 2.40. The molecular formula is C16H13F2NO2S. The van der Waals surface area contributed by atoms with Gasteiger partial charge in [0, 0.05) is 0 Å². The fourth-order valence-electron chi connectivity index (χ4n) is 2.57. The van der Waals surface area contributed by atoms with Crippen LogP contribution in [0.3, 0.4) is 0 Å². The number of aromatic hydroxyl groups is 1. The van der Waals surface area contributed by atoms with Crippen molar-refractivity contribution in [1.29, 1.82) is 0 Å². The van der Waals surface area contributed by atoms with Gasteiger partial charge in [-0.1, -0.05) is 24.3 Å². The van der Waals surface area contributed by atoms with E-state index in [-0.39, 0.29) is 11.3 Å². The van der Waals surface area contributed by atoms with E-state index in [1.807, 2.05) is 19.1 Å². The van der Waals surface area contributed by atoms with E-state index in [9.17, 15) is 18.7 Å². The number of hydrogen-bond acceptors (Lipinski definition) is 3. The Morgan fingerprint density at radius 3 is 2.68 bits per heavy atom. The topological polar surface area (TPSA) is 42.2 Å². The standard InChI is InChI=1S/C16H13F2NO2S/c1-9-4-2-3-5-10(9)13-14(20)15-11(6-7-22-15)19(16(13)21)8-12(17)18/h2-7,12,20H,8H2,1H3. The zero-order chi connectivity index (χ0) is 15.9. The zero-order valence-corrected chi connectivity index (χ0v) is 12.5. The van der Waals surface area contributed by atoms with Gasteiger partial charge in [0.2, 0.25) is 0 Å². The van der Waals surface area contributed by atoms with Crippen LogP contribution in [0.2, 0.25) is 0 Å². The monoisotopic (exact) mass is 321 g/mol. The number of halogens is 2. The molecule has 3 rings (SSSR count). The minimum Gasteiger partial charge on any atom is -0.506 e. The lowest BCUT2D eigenvalue weighted by Gasteiger charge is -2.13. The third-order valence-corrected chi connectivity index (χ3v) is 4.49. The molecule has 0 bridgehead atoms. The van der Waals surface area contributed by atoms with Crippen LogP contribution in [0.1, 0.15) is 5.56 Å². The summed E-state index contributed by atoms with van der Waals surface area (Å²) < 4.78 is 27.1. The molecule has 1 N–H and O–H groups in total. The molecule has 3 aromatic rings. The molecular weight excluding hydrogens is 308 g/mol. The summed E-state index contributed by atoms with van der Waals surface area (Å²) in [5.74, 6) is -0.144. The molecule has 22 heavy (non-hydrogen) atoms. The lowest BCUT2D eigenvalue weighted by atomic mass is 10.0. The molecule has 1 aromatic carbocycles. The average Bonchev–Trinajstić information content (AvgIpc) is 2.95. The van der Waals surface area contributed by atoms with Crippen LogP contribution < -0.4 is 5.56 Å². The number of nitrogens with zero attached hydrogens (tertiary/aromatic N) is 1. The summed E-state index contributed by atoms with van der Waals surface area (Å²) in [5.41, 5.74) is 1.18. The number of benzene rings is 1. The van der Waals surface area contributed by atoms with Crippen LogP contribution >= 0.6 is 11.3 Å². The molecule has 0 saturated heterocycles. The molecule has 0 aliphatic carbocycles. The molecule has 0 atom stereocenters. The smallest absolute Gasteiger partial charge is 0.262 e. The fourth-order valence-corrected chi connectivity index (χ4v) is 3.41. The number of thiophene rings is 1. The molecule has 0 aliphatic rings. The molecule has 0 fully saturated rings. The molecule has 0 spiro atoms. The van der Waals surface area contributed by atoms with E-state index in [1.54, 1.807) is 23.6 Å². The first-order valence-corrected chi connectivity index (χ1v) is 7.55. The van der Waals surface area contributed by atoms with E-state index in [0.717, 1.165) is 10.1 Å². The van der Waals surface area contributed by atoms with Gasteiger partial charge in [0.25, 0.3) is 12.0 Å². The number of hydrogen-bond donors (Lipinski definition) is 1. The molecule has 0 radical (unpaired) electrons. The largest absolute Gasteiger partial charge is 0.506 e. The zero-order valence-electron chi connectivity index (χ0n) is 11.7. The van der Waals surface area contributed by atoms with Crippen LogP contribution in [0.4, 0.5) is 8.78 Å². The van der Waals surface area contributed by atoms with E-state index in [2.05, 4.69) is 0 Å². The second-order valence-electron chi connectivity index (χ2n) is 4.98. The molecule has 6 heteroatoms. The van der Waals surface area contributed by atoms with Gasteiger partial charge in [0.1, 0.15) is 5.75 Å². The van der Waals surface area contributed by atoms with Crippen molar-refractivity contribution in [3.63, 3.8) is 0 Å². The van der Waals surface area contributed by atoms with Crippen molar-refractivity contribution >= 4 is 21.6 Å². The highest BCUT2D eigenvalue weighted by molar-refractivity contribution is 7.17. The van der Waals surface area contributed by atoms with Crippen LogP contribution in [-0.2, 0) is 6.54 Å². The van der Waals surface area contributed by atoms with Crippen molar-refractivity contribution in [2.75, 3.05) is 0 Å². The lowest BCUT2D eigenvalue weighted by Crippen LogP contribution is -2.25. The maximum Gasteiger partial charge on any atom is 0.262 e. The summed E-state index contributed by atoms with van der Waals surface area (Å²) in [5, 5.41) is 12.1. The Kier molecular flexibility index (Phi) is 3.70. The third-order valence-electron chi connectivity index (χ3n) is 3.58. The van der Waals surface area contributed by atoms with Crippen molar-refractivity contribution in [2.45, 2.75) is 19.9 Å². The normalized spacial score (nSPS) is 11.5. The van der Waals surface area contributed by atoms with Gasteiger partial charge in [-0.3, -0.25) is 4.79 Å². The summed E-state index contributed by atoms with van der Waals surface area (Å²) in [6.07, 6.45) is -2.64. The van der Waals surface area contributed by atoms with Gasteiger partial charge in [0.05, 0.1) is 22.3 Å². The molecule has 2 heterocycles. The lowest BCUT2D eigenvalue weighted by molar-refractivity contribution is 0.127. The van der Waals surface area contributed by atoms with Crippen molar-refractivity contribution < 1.29 is 13.9 Å². The van der Waals surface area contributed by atoms with Crippen LogP contribution in [0.5, 0.6) is 5.75 Å². The van der Waals surface area contributed by atoms with Gasteiger partial charge in [0.15, 0.2) is 0 Å². The first-order valence-electron chi connectivity index (χ1n) is 6.68.